The van der Waals surface area contributed by atoms with E-state index in [4.69, 9.17) is 0 Å². The Morgan fingerprint density at radius 2 is 1.77 bits per heavy atom. The number of carbonyl (C=O) groups excluding carboxylic acids is 1. The van der Waals surface area contributed by atoms with Crippen molar-refractivity contribution in [1.82, 2.24) is 14.3 Å². The Bertz CT molecular complexity index is 638. The van der Waals surface area contributed by atoms with E-state index in [1.54, 1.807) is 17.4 Å². The zero-order valence-electron chi connectivity index (χ0n) is 14.9. The second kappa shape index (κ2) is 11.8. The van der Waals surface area contributed by atoms with Crippen LogP contribution in [0.1, 0.15) is 16.8 Å². The third-order valence-electron chi connectivity index (χ3n) is 3.78. The van der Waals surface area contributed by atoms with Gasteiger partial charge in [0.2, 0.25) is 0 Å². The van der Waals surface area contributed by atoms with Crippen LogP contribution in [0.3, 0.4) is 0 Å². The van der Waals surface area contributed by atoms with E-state index in [0.29, 0.717) is 6.04 Å². The van der Waals surface area contributed by atoms with Crippen LogP contribution in [0.4, 0.5) is 0 Å². The minimum atomic E-state index is 0.110. The molecule has 1 unspecified atom stereocenters. The molecule has 1 aliphatic heterocycles. The van der Waals surface area contributed by atoms with E-state index in [1.165, 1.54) is 11.9 Å². The highest BCUT2D eigenvalue weighted by molar-refractivity contribution is 8.00. The Hall–Kier alpha value is -1.73. The van der Waals surface area contributed by atoms with Crippen LogP contribution >= 0.6 is 23.9 Å². The summed E-state index contributed by atoms with van der Waals surface area (Å²) in [6, 6.07) is 20.1. The zero-order chi connectivity index (χ0) is 18.6. The van der Waals surface area contributed by atoms with E-state index < -0.39 is 0 Å². The molecule has 1 saturated heterocycles. The highest BCUT2D eigenvalue weighted by Gasteiger charge is 2.26. The van der Waals surface area contributed by atoms with Gasteiger partial charge in [0, 0.05) is 29.6 Å². The molecule has 4 nitrogen and oxygen atoms in total. The molecule has 2 aromatic carbocycles. The largest absolute Gasteiger partial charge is 0.337 e. The van der Waals surface area contributed by atoms with Crippen molar-refractivity contribution in [3.63, 3.8) is 0 Å². The molecule has 1 fully saturated rings. The summed E-state index contributed by atoms with van der Waals surface area (Å²) in [7, 11) is 1.88. The number of likely N-dealkylation sites (tertiary alicyclic amines) is 1. The summed E-state index contributed by atoms with van der Waals surface area (Å²) in [6.45, 7) is 5.22. The van der Waals surface area contributed by atoms with Gasteiger partial charge in [-0.05, 0) is 55.1 Å². The summed E-state index contributed by atoms with van der Waals surface area (Å²) < 4.78 is 6.30. The van der Waals surface area contributed by atoms with E-state index in [1.807, 2.05) is 72.6 Å². The van der Waals surface area contributed by atoms with Gasteiger partial charge in [-0.1, -0.05) is 54.9 Å². The van der Waals surface area contributed by atoms with Crippen LogP contribution in [0.2, 0.25) is 0 Å². The van der Waals surface area contributed by atoms with Crippen molar-refractivity contribution in [3.05, 3.63) is 78.2 Å². The number of hydrogen-bond acceptors (Lipinski definition) is 5. The molecule has 138 valence electrons. The second-order valence-electron chi connectivity index (χ2n) is 5.62. The molecule has 6 heteroatoms. The molecule has 1 atom stereocenters. The van der Waals surface area contributed by atoms with E-state index >= 15 is 0 Å². The van der Waals surface area contributed by atoms with Crippen LogP contribution < -0.4 is 9.44 Å². The minimum Gasteiger partial charge on any atom is -0.337 e. The van der Waals surface area contributed by atoms with Gasteiger partial charge in [-0.25, -0.2) is 0 Å². The van der Waals surface area contributed by atoms with Crippen molar-refractivity contribution < 1.29 is 4.79 Å². The number of rotatable bonds is 6. The van der Waals surface area contributed by atoms with Crippen LogP contribution in [0.5, 0.6) is 0 Å². The second-order valence-corrected chi connectivity index (χ2v) is 7.51. The summed E-state index contributed by atoms with van der Waals surface area (Å²) in [6.07, 6.45) is 0.986. The van der Waals surface area contributed by atoms with Gasteiger partial charge < -0.3 is 4.90 Å². The molecule has 26 heavy (non-hydrogen) atoms. The third kappa shape index (κ3) is 6.88. The smallest absolute Gasteiger partial charge is 0.253 e. The molecule has 0 aromatic heterocycles. The number of carbonyl (C=O) groups is 1. The van der Waals surface area contributed by atoms with Crippen molar-refractivity contribution in [2.45, 2.75) is 17.4 Å². The van der Waals surface area contributed by atoms with Crippen LogP contribution in [-0.2, 0) is 0 Å². The minimum absolute atomic E-state index is 0.110. The summed E-state index contributed by atoms with van der Waals surface area (Å²) >= 11 is 3.03. The first-order valence-corrected chi connectivity index (χ1v) is 10.2. The van der Waals surface area contributed by atoms with E-state index in [2.05, 4.69) is 16.0 Å². The molecule has 0 bridgehead atoms. The van der Waals surface area contributed by atoms with Gasteiger partial charge in [0.05, 0.1) is 0 Å². The van der Waals surface area contributed by atoms with E-state index in [-0.39, 0.29) is 5.91 Å². The normalized spacial score (nSPS) is 15.9. The first kappa shape index (κ1) is 20.6. The predicted octanol–water partition coefficient (Wildman–Crippen LogP) is 4.20. The van der Waals surface area contributed by atoms with Crippen molar-refractivity contribution in [2.24, 2.45) is 0 Å². The Kier molecular flexibility index (Phi) is 9.34. The van der Waals surface area contributed by atoms with Gasteiger partial charge in [0.1, 0.15) is 0 Å². The maximum absolute atomic E-state index is 12.4. The predicted molar refractivity (Wildman–Crippen MR) is 113 cm³/mol. The van der Waals surface area contributed by atoms with Gasteiger partial charge >= 0.3 is 0 Å². The summed E-state index contributed by atoms with van der Waals surface area (Å²) in [4.78, 5) is 15.4. The molecule has 2 N–H and O–H groups in total. The van der Waals surface area contributed by atoms with Crippen LogP contribution in [-0.4, -0.2) is 37.0 Å². The highest BCUT2D eigenvalue weighted by atomic mass is 32.2. The lowest BCUT2D eigenvalue weighted by Gasteiger charge is -2.16. The lowest BCUT2D eigenvalue weighted by Crippen LogP contribution is -2.32. The van der Waals surface area contributed by atoms with E-state index in [9.17, 15) is 4.79 Å². The number of amides is 1. The van der Waals surface area contributed by atoms with Crippen molar-refractivity contribution in [1.29, 1.82) is 0 Å². The standard InChI is InChI=1S/C14H19N3OS2.C6H6/c1-3-19-16-12-8-9-17(10-12)14(18)11-4-6-13(7-5-11)20-15-2;1-2-4-6-5-3-1/h3-7,12,15-16H,1,8-10H2,2H3;1-6H. The van der Waals surface area contributed by atoms with Gasteiger partial charge in [-0.15, -0.1) is 0 Å². The summed E-state index contributed by atoms with van der Waals surface area (Å²) in [5, 5.41) is 1.77. The van der Waals surface area contributed by atoms with Gasteiger partial charge in [0.15, 0.2) is 0 Å². The maximum atomic E-state index is 12.4. The van der Waals surface area contributed by atoms with Crippen LogP contribution in [0.25, 0.3) is 0 Å². The summed E-state index contributed by atoms with van der Waals surface area (Å²) in [5.41, 5.74) is 0.752. The number of nitrogens with zero attached hydrogens (tertiary/aromatic N) is 1. The molecule has 1 heterocycles. The van der Waals surface area contributed by atoms with Crippen LogP contribution in [0, 0.1) is 0 Å². The Labute approximate surface area is 164 Å². The highest BCUT2D eigenvalue weighted by Crippen LogP contribution is 2.18. The van der Waals surface area contributed by atoms with Crippen molar-refractivity contribution in [2.75, 3.05) is 20.1 Å². The quantitative estimate of drug-likeness (QED) is 0.728. The maximum Gasteiger partial charge on any atom is 0.253 e. The lowest BCUT2D eigenvalue weighted by atomic mass is 10.2. The molecule has 0 spiro atoms. The fraction of sp³-hybridized carbons (Fsp3) is 0.250. The Morgan fingerprint density at radius 1 is 1.15 bits per heavy atom. The average Bonchev–Trinajstić information content (AvgIpc) is 3.17. The molecule has 1 aliphatic rings. The molecule has 3 rings (SSSR count). The van der Waals surface area contributed by atoms with Gasteiger partial charge in [-0.2, -0.15) is 0 Å². The Balaban J connectivity index is 0.000000342. The van der Waals surface area contributed by atoms with Crippen LogP contribution in [0.15, 0.2) is 77.5 Å². The first-order chi connectivity index (χ1) is 12.7. The number of hydrogen-bond donors (Lipinski definition) is 2. The topological polar surface area (TPSA) is 44.4 Å². The van der Waals surface area contributed by atoms with Crippen molar-refractivity contribution >= 4 is 29.8 Å². The molecule has 0 aliphatic carbocycles. The third-order valence-corrected chi connectivity index (χ3v) is 5.13. The molecule has 2 aromatic rings. The fourth-order valence-corrected chi connectivity index (χ4v) is 3.53. The lowest BCUT2D eigenvalue weighted by molar-refractivity contribution is 0.0790. The average molecular weight is 388 g/mol. The van der Waals surface area contributed by atoms with E-state index in [0.717, 1.165) is 30.0 Å². The number of nitrogens with one attached hydrogen (secondary N) is 2. The molecule has 1 amide bonds. The Morgan fingerprint density at radius 3 is 2.31 bits per heavy atom. The zero-order valence-corrected chi connectivity index (χ0v) is 16.6. The monoisotopic (exact) mass is 387 g/mol. The fourth-order valence-electron chi connectivity index (χ4n) is 2.54. The first-order valence-electron chi connectivity index (χ1n) is 8.49. The molecule has 0 saturated carbocycles. The summed E-state index contributed by atoms with van der Waals surface area (Å²) in [5.74, 6) is 0.110. The molecular formula is C20H25N3OS2. The van der Waals surface area contributed by atoms with Crippen molar-refractivity contribution in [3.8, 4) is 0 Å². The number of benzene rings is 2. The van der Waals surface area contributed by atoms with Gasteiger partial charge in [0.25, 0.3) is 5.91 Å². The van der Waals surface area contributed by atoms with Gasteiger partial charge in [-0.3, -0.25) is 14.2 Å². The molecule has 0 radical (unpaired) electrons. The molecular weight excluding hydrogens is 362 g/mol. The SMILES string of the molecule is C=CSNC1CCN(C(=O)c2ccc(SNC)cc2)C1.c1ccccc1.